The molecule has 0 atom stereocenters. The zero-order chi connectivity index (χ0) is 19.8. The molecule has 0 radical (unpaired) electrons. The molecule has 0 aliphatic rings. The van der Waals surface area contributed by atoms with Crippen LogP contribution in [0, 0.1) is 0 Å². The van der Waals surface area contributed by atoms with Crippen molar-refractivity contribution in [3.05, 3.63) is 42.2 Å². The Morgan fingerprint density at radius 3 is 2.64 bits per heavy atom. The van der Waals surface area contributed by atoms with Gasteiger partial charge < -0.3 is 16.9 Å². The lowest BCUT2D eigenvalue weighted by molar-refractivity contribution is 0.629. The number of hydrogen-bond donors (Lipinski definition) is 3. The standard InChI is InChI=1S/C20H26N7P/c21-9-4-2-1-3-5-10-24-20-16-8-11-23-13-17(16)15-7-6-14(12-18(15)25-20)19(26-22)27-28/h6-8,11-13,28H,1-5,9-10,21-22H2,(H,24,25). The van der Waals surface area contributed by atoms with Crippen LogP contribution >= 0.6 is 9.03 Å². The number of nitrogens with one attached hydrogen (secondary N) is 1. The quantitative estimate of drug-likeness (QED) is 0.0962. The molecule has 3 rings (SSSR count). The summed E-state index contributed by atoms with van der Waals surface area (Å²) in [5, 5.41) is 10.4. The Hall–Kier alpha value is -2.63. The van der Waals surface area contributed by atoms with Crippen molar-refractivity contribution >= 4 is 42.4 Å². The number of anilines is 1. The summed E-state index contributed by atoms with van der Waals surface area (Å²) in [4.78, 5) is 9.15. The van der Waals surface area contributed by atoms with Crippen LogP contribution in [0.3, 0.4) is 0 Å². The molecule has 8 heteroatoms. The fourth-order valence-corrected chi connectivity index (χ4v) is 3.48. The third kappa shape index (κ3) is 4.61. The number of unbranched alkanes of at least 4 members (excludes halogenated alkanes) is 4. The monoisotopic (exact) mass is 395 g/mol. The van der Waals surface area contributed by atoms with Crippen molar-refractivity contribution < 1.29 is 0 Å². The number of rotatable bonds is 9. The zero-order valence-electron chi connectivity index (χ0n) is 15.9. The van der Waals surface area contributed by atoms with E-state index in [0.29, 0.717) is 5.84 Å². The topological polar surface area (TPSA) is 115 Å². The van der Waals surface area contributed by atoms with E-state index in [1.807, 2.05) is 30.5 Å². The average molecular weight is 395 g/mol. The van der Waals surface area contributed by atoms with Crippen molar-refractivity contribution in [1.82, 2.24) is 9.97 Å². The van der Waals surface area contributed by atoms with Gasteiger partial charge in [-0.2, -0.15) is 5.10 Å². The van der Waals surface area contributed by atoms with E-state index >= 15 is 0 Å². The maximum atomic E-state index is 5.54. The van der Waals surface area contributed by atoms with Crippen LogP contribution < -0.4 is 16.9 Å². The van der Waals surface area contributed by atoms with Crippen molar-refractivity contribution in [2.45, 2.75) is 32.1 Å². The highest BCUT2D eigenvalue weighted by atomic mass is 31.0. The molecule has 28 heavy (non-hydrogen) atoms. The Morgan fingerprint density at radius 1 is 1.04 bits per heavy atom. The number of amidine groups is 1. The van der Waals surface area contributed by atoms with Gasteiger partial charge in [-0.3, -0.25) is 4.98 Å². The number of nitrogens with two attached hydrogens (primary N) is 2. The van der Waals surface area contributed by atoms with E-state index in [1.54, 1.807) is 6.20 Å². The summed E-state index contributed by atoms with van der Waals surface area (Å²) in [5.41, 5.74) is 7.19. The molecule has 0 aliphatic carbocycles. The third-order valence-corrected chi connectivity index (χ3v) is 4.97. The van der Waals surface area contributed by atoms with Gasteiger partial charge in [0.15, 0.2) is 5.84 Å². The smallest absolute Gasteiger partial charge is 0.182 e. The van der Waals surface area contributed by atoms with E-state index < -0.39 is 0 Å². The minimum absolute atomic E-state index is 0.415. The van der Waals surface area contributed by atoms with Gasteiger partial charge in [-0.1, -0.05) is 31.4 Å². The molecule has 0 aliphatic heterocycles. The van der Waals surface area contributed by atoms with Crippen LogP contribution in [-0.2, 0) is 0 Å². The van der Waals surface area contributed by atoms with Gasteiger partial charge in [0.05, 0.1) is 5.52 Å². The number of pyridine rings is 2. The van der Waals surface area contributed by atoms with Crippen LogP contribution in [0.4, 0.5) is 5.82 Å². The van der Waals surface area contributed by atoms with Crippen LogP contribution in [0.1, 0.15) is 37.7 Å². The second kappa shape index (κ2) is 10.1. The molecular weight excluding hydrogens is 369 g/mol. The van der Waals surface area contributed by atoms with E-state index in [0.717, 1.165) is 59.0 Å². The van der Waals surface area contributed by atoms with Crippen LogP contribution in [0.25, 0.3) is 21.7 Å². The number of hydrazone groups is 1. The summed E-state index contributed by atoms with van der Waals surface area (Å²) in [6.07, 6.45) is 9.49. The summed E-state index contributed by atoms with van der Waals surface area (Å²) in [7, 11) is 3.11. The molecule has 0 unspecified atom stereocenters. The van der Waals surface area contributed by atoms with Gasteiger partial charge in [-0.05, 0) is 40.6 Å². The second-order valence-corrected chi connectivity index (χ2v) is 6.88. The normalized spacial score (nSPS) is 11.8. The lowest BCUT2D eigenvalue weighted by Gasteiger charge is -2.12. The first-order valence-electron chi connectivity index (χ1n) is 9.55. The minimum Gasteiger partial charge on any atom is -0.370 e. The molecule has 0 fully saturated rings. The molecular formula is C20H26N7P. The Bertz CT molecular complexity index is 987. The van der Waals surface area contributed by atoms with Crippen LogP contribution in [0.15, 0.2) is 46.5 Å². The van der Waals surface area contributed by atoms with E-state index in [1.165, 1.54) is 19.3 Å². The number of nitrogens with zero attached hydrogens (tertiary/aromatic N) is 4. The molecule has 0 bridgehead atoms. The van der Waals surface area contributed by atoms with Crippen LogP contribution in [0.2, 0.25) is 0 Å². The molecule has 0 saturated carbocycles. The third-order valence-electron chi connectivity index (χ3n) is 4.76. The molecule has 3 aromatic rings. The number of aromatic nitrogens is 2. The molecule has 2 heterocycles. The van der Waals surface area contributed by atoms with E-state index in [-0.39, 0.29) is 0 Å². The molecule has 5 N–H and O–H groups in total. The highest BCUT2D eigenvalue weighted by molar-refractivity contribution is 7.05. The predicted octanol–water partition coefficient (Wildman–Crippen LogP) is 4.05. The van der Waals surface area contributed by atoms with Crippen molar-refractivity contribution in [1.29, 1.82) is 0 Å². The summed E-state index contributed by atoms with van der Waals surface area (Å²) in [6, 6.07) is 7.88. The van der Waals surface area contributed by atoms with E-state index in [2.05, 4.69) is 29.2 Å². The highest BCUT2D eigenvalue weighted by Crippen LogP contribution is 2.29. The predicted molar refractivity (Wildman–Crippen MR) is 119 cm³/mol. The second-order valence-electron chi connectivity index (χ2n) is 6.66. The molecule has 7 nitrogen and oxygen atoms in total. The maximum absolute atomic E-state index is 5.54. The van der Waals surface area contributed by atoms with Crippen LogP contribution in [0.5, 0.6) is 0 Å². The average Bonchev–Trinajstić information content (AvgIpc) is 2.74. The Kier molecular flexibility index (Phi) is 7.23. The molecule has 2 aromatic heterocycles. The Morgan fingerprint density at radius 2 is 1.86 bits per heavy atom. The minimum atomic E-state index is 0.415. The van der Waals surface area contributed by atoms with Gasteiger partial charge in [0.25, 0.3) is 0 Å². The van der Waals surface area contributed by atoms with Crippen molar-refractivity contribution in [2.75, 3.05) is 18.4 Å². The first-order chi connectivity index (χ1) is 13.8. The number of benzene rings is 1. The first kappa shape index (κ1) is 20.1. The summed E-state index contributed by atoms with van der Waals surface area (Å²) >= 11 is 0. The van der Waals surface area contributed by atoms with Gasteiger partial charge in [0, 0.05) is 40.7 Å². The molecule has 0 amide bonds. The SMILES string of the molecule is NCCCCCCCNc1nc2cc(C(N=P)=NN)ccc2c2cnccc12. The van der Waals surface area contributed by atoms with E-state index in [4.69, 9.17) is 16.6 Å². The van der Waals surface area contributed by atoms with Crippen molar-refractivity contribution in [2.24, 2.45) is 21.4 Å². The van der Waals surface area contributed by atoms with Gasteiger partial charge >= 0.3 is 0 Å². The van der Waals surface area contributed by atoms with Crippen molar-refractivity contribution in [3.63, 3.8) is 0 Å². The first-order valence-corrected chi connectivity index (χ1v) is 10.0. The fourth-order valence-electron chi connectivity index (χ4n) is 3.30. The van der Waals surface area contributed by atoms with E-state index in [9.17, 15) is 0 Å². The van der Waals surface area contributed by atoms with Crippen LogP contribution in [-0.4, -0.2) is 28.9 Å². The Labute approximate surface area is 166 Å². The van der Waals surface area contributed by atoms with Gasteiger partial charge in [-0.15, -0.1) is 0 Å². The van der Waals surface area contributed by atoms with Crippen molar-refractivity contribution in [3.8, 4) is 0 Å². The summed E-state index contributed by atoms with van der Waals surface area (Å²) in [5.74, 6) is 6.70. The number of hydrogen-bond acceptors (Lipinski definition) is 6. The highest BCUT2D eigenvalue weighted by Gasteiger charge is 2.10. The van der Waals surface area contributed by atoms with Gasteiger partial charge in [0.1, 0.15) is 5.82 Å². The Balaban J connectivity index is 1.86. The number of fused-ring (bicyclic) bond motifs is 3. The van der Waals surface area contributed by atoms with Gasteiger partial charge in [0.2, 0.25) is 0 Å². The summed E-state index contributed by atoms with van der Waals surface area (Å²) < 4.78 is 3.93. The molecule has 0 saturated heterocycles. The zero-order valence-corrected chi connectivity index (χ0v) is 16.9. The van der Waals surface area contributed by atoms with Gasteiger partial charge in [-0.25, -0.2) is 9.73 Å². The largest absolute Gasteiger partial charge is 0.370 e. The molecule has 146 valence electrons. The lowest BCUT2D eigenvalue weighted by Crippen LogP contribution is -2.05. The summed E-state index contributed by atoms with van der Waals surface area (Å²) in [6.45, 7) is 1.66. The molecule has 0 spiro atoms. The lowest BCUT2D eigenvalue weighted by atomic mass is 10.1. The molecule has 1 aromatic carbocycles. The fraction of sp³-hybridized carbons (Fsp3) is 0.350. The maximum Gasteiger partial charge on any atom is 0.182 e.